The molecular weight excluding hydrogens is 382 g/mol. The standard InChI is InChI=1S/C22H21N5O3/c1-30-22(29)18-12-27(11-13-5-4-6-14(9-13)20(23)24)19(21(28)26-18)16-10-25-17-8-3-2-7-15(16)17/h2-10,12,19,25H,11H2,1H3,(H3,23,24)(H,26,28). The maximum Gasteiger partial charge on any atom is 0.356 e. The van der Waals surface area contributed by atoms with Crippen LogP contribution in [0.4, 0.5) is 0 Å². The van der Waals surface area contributed by atoms with Gasteiger partial charge in [0.25, 0.3) is 5.91 Å². The molecule has 3 aromatic rings. The molecule has 0 aliphatic carbocycles. The van der Waals surface area contributed by atoms with Crippen molar-refractivity contribution in [2.45, 2.75) is 12.6 Å². The number of amidine groups is 1. The number of H-pyrrole nitrogens is 1. The van der Waals surface area contributed by atoms with Gasteiger partial charge in [-0.2, -0.15) is 0 Å². The highest BCUT2D eigenvalue weighted by Crippen LogP contribution is 2.32. The van der Waals surface area contributed by atoms with Crippen molar-refractivity contribution in [1.82, 2.24) is 15.2 Å². The SMILES string of the molecule is COC(=O)C1=CN(Cc2cccc(C(=N)N)c2)C(c2c[nH]c3ccccc23)C(=O)N1. The Kier molecular flexibility index (Phi) is 4.97. The van der Waals surface area contributed by atoms with E-state index in [1.165, 1.54) is 7.11 Å². The minimum Gasteiger partial charge on any atom is -0.464 e. The van der Waals surface area contributed by atoms with E-state index in [-0.39, 0.29) is 17.4 Å². The van der Waals surface area contributed by atoms with Crippen molar-refractivity contribution in [2.24, 2.45) is 5.73 Å². The first-order chi connectivity index (χ1) is 14.5. The van der Waals surface area contributed by atoms with Crippen LogP contribution in [0, 0.1) is 5.41 Å². The number of fused-ring (bicyclic) bond motifs is 1. The second-order valence-electron chi connectivity index (χ2n) is 7.00. The highest BCUT2D eigenvalue weighted by Gasteiger charge is 2.34. The number of nitrogen functional groups attached to an aromatic ring is 1. The molecule has 30 heavy (non-hydrogen) atoms. The van der Waals surface area contributed by atoms with Gasteiger partial charge < -0.3 is 25.7 Å². The maximum atomic E-state index is 13.1. The lowest BCUT2D eigenvalue weighted by Crippen LogP contribution is -2.44. The summed E-state index contributed by atoms with van der Waals surface area (Å²) in [5.41, 5.74) is 8.84. The third-order valence-electron chi connectivity index (χ3n) is 5.06. The molecule has 8 heteroatoms. The molecule has 1 aliphatic rings. The van der Waals surface area contributed by atoms with Crippen LogP contribution < -0.4 is 11.1 Å². The number of para-hydroxylation sites is 1. The van der Waals surface area contributed by atoms with Crippen molar-refractivity contribution in [3.8, 4) is 0 Å². The van der Waals surface area contributed by atoms with Gasteiger partial charge in [-0.15, -0.1) is 0 Å². The number of carbonyl (C=O) groups is 2. The Morgan fingerprint density at radius 2 is 2.03 bits per heavy atom. The number of hydrogen-bond donors (Lipinski definition) is 4. The summed E-state index contributed by atoms with van der Waals surface area (Å²) >= 11 is 0. The van der Waals surface area contributed by atoms with Gasteiger partial charge in [0.2, 0.25) is 0 Å². The number of aromatic nitrogens is 1. The van der Waals surface area contributed by atoms with E-state index in [1.54, 1.807) is 23.2 Å². The monoisotopic (exact) mass is 403 g/mol. The van der Waals surface area contributed by atoms with Crippen molar-refractivity contribution >= 4 is 28.6 Å². The van der Waals surface area contributed by atoms with E-state index in [0.717, 1.165) is 22.0 Å². The Bertz CT molecular complexity index is 1180. The van der Waals surface area contributed by atoms with Crippen molar-refractivity contribution in [3.63, 3.8) is 0 Å². The fourth-order valence-corrected chi connectivity index (χ4v) is 3.66. The fourth-order valence-electron chi connectivity index (χ4n) is 3.66. The molecule has 0 bridgehead atoms. The lowest BCUT2D eigenvalue weighted by molar-refractivity contribution is -0.139. The number of esters is 1. The van der Waals surface area contributed by atoms with E-state index < -0.39 is 12.0 Å². The van der Waals surface area contributed by atoms with Crippen LogP contribution in [0.15, 0.2) is 66.6 Å². The number of carbonyl (C=O) groups excluding carboxylic acids is 2. The lowest BCUT2D eigenvalue weighted by atomic mass is 10.0. The number of hydrogen-bond acceptors (Lipinski definition) is 5. The molecule has 1 atom stereocenters. The third-order valence-corrected chi connectivity index (χ3v) is 5.06. The first-order valence-electron chi connectivity index (χ1n) is 9.34. The van der Waals surface area contributed by atoms with Gasteiger partial charge in [0.1, 0.15) is 17.6 Å². The molecule has 2 heterocycles. The van der Waals surface area contributed by atoms with Gasteiger partial charge in [0.15, 0.2) is 0 Å². The molecule has 1 aromatic heterocycles. The van der Waals surface area contributed by atoms with Crippen LogP contribution in [0.2, 0.25) is 0 Å². The number of nitrogens with two attached hydrogens (primary N) is 1. The highest BCUT2D eigenvalue weighted by atomic mass is 16.5. The number of aromatic amines is 1. The summed E-state index contributed by atoms with van der Waals surface area (Å²) in [4.78, 5) is 30.1. The molecule has 0 fully saturated rings. The van der Waals surface area contributed by atoms with Gasteiger partial charge in [-0.3, -0.25) is 10.2 Å². The van der Waals surface area contributed by atoms with Crippen LogP contribution in [-0.4, -0.2) is 34.7 Å². The van der Waals surface area contributed by atoms with E-state index in [9.17, 15) is 9.59 Å². The average molecular weight is 403 g/mol. The van der Waals surface area contributed by atoms with Gasteiger partial charge in [-0.1, -0.05) is 36.4 Å². The number of nitrogens with one attached hydrogen (secondary N) is 3. The quantitative estimate of drug-likeness (QED) is 0.295. The summed E-state index contributed by atoms with van der Waals surface area (Å²) < 4.78 is 4.78. The Balaban J connectivity index is 1.78. The van der Waals surface area contributed by atoms with Crippen molar-refractivity contribution in [1.29, 1.82) is 5.41 Å². The van der Waals surface area contributed by atoms with E-state index >= 15 is 0 Å². The largest absolute Gasteiger partial charge is 0.464 e. The Morgan fingerprint density at radius 1 is 1.23 bits per heavy atom. The molecule has 152 valence electrons. The average Bonchev–Trinajstić information content (AvgIpc) is 3.17. The zero-order chi connectivity index (χ0) is 21.3. The van der Waals surface area contributed by atoms with Gasteiger partial charge in [0, 0.05) is 41.0 Å². The zero-order valence-electron chi connectivity index (χ0n) is 16.3. The minimum absolute atomic E-state index is 0.0350. The number of amides is 1. The predicted molar refractivity (Wildman–Crippen MR) is 112 cm³/mol. The van der Waals surface area contributed by atoms with Gasteiger partial charge >= 0.3 is 5.97 Å². The Hall–Kier alpha value is -4.07. The second kappa shape index (κ2) is 7.75. The second-order valence-corrected chi connectivity index (χ2v) is 7.00. The number of methoxy groups -OCH3 is 1. The Morgan fingerprint density at radius 3 is 2.80 bits per heavy atom. The van der Waals surface area contributed by atoms with Gasteiger partial charge in [0.05, 0.1) is 7.11 Å². The predicted octanol–water partition coefficient (Wildman–Crippen LogP) is 2.14. The maximum absolute atomic E-state index is 13.1. The van der Waals surface area contributed by atoms with E-state index in [2.05, 4.69) is 10.3 Å². The smallest absolute Gasteiger partial charge is 0.356 e. The molecule has 0 saturated carbocycles. The van der Waals surface area contributed by atoms with E-state index in [1.807, 2.05) is 42.6 Å². The third kappa shape index (κ3) is 3.50. The van der Waals surface area contributed by atoms with Gasteiger partial charge in [-0.05, 0) is 17.7 Å². The summed E-state index contributed by atoms with van der Waals surface area (Å²) in [6.45, 7) is 0.333. The molecule has 0 radical (unpaired) electrons. The molecule has 1 aliphatic heterocycles. The molecule has 5 N–H and O–H groups in total. The van der Waals surface area contributed by atoms with Crippen LogP contribution in [0.3, 0.4) is 0 Å². The minimum atomic E-state index is -0.657. The van der Waals surface area contributed by atoms with Crippen LogP contribution in [0.5, 0.6) is 0 Å². The zero-order valence-corrected chi connectivity index (χ0v) is 16.3. The first-order valence-corrected chi connectivity index (χ1v) is 9.34. The molecule has 0 spiro atoms. The van der Waals surface area contributed by atoms with Crippen molar-refractivity contribution in [2.75, 3.05) is 7.11 Å². The topological polar surface area (TPSA) is 124 Å². The lowest BCUT2D eigenvalue weighted by Gasteiger charge is -2.34. The summed E-state index contributed by atoms with van der Waals surface area (Å²) in [5.74, 6) is -0.985. The molecule has 1 amide bonds. The summed E-state index contributed by atoms with van der Waals surface area (Å²) in [6, 6.07) is 14.3. The fraction of sp³-hybridized carbons (Fsp3) is 0.136. The molecule has 8 nitrogen and oxygen atoms in total. The summed E-state index contributed by atoms with van der Waals surface area (Å²) in [5, 5.41) is 11.2. The molecular formula is C22H21N5O3. The molecule has 2 aromatic carbocycles. The van der Waals surface area contributed by atoms with Crippen molar-refractivity contribution in [3.05, 3.63) is 83.3 Å². The molecule has 4 rings (SSSR count). The number of rotatable bonds is 5. The van der Waals surface area contributed by atoms with Gasteiger partial charge in [-0.25, -0.2) is 4.79 Å². The van der Waals surface area contributed by atoms with E-state index in [4.69, 9.17) is 15.9 Å². The summed E-state index contributed by atoms with van der Waals surface area (Å²) in [6.07, 6.45) is 3.41. The number of benzene rings is 2. The highest BCUT2D eigenvalue weighted by molar-refractivity contribution is 5.99. The van der Waals surface area contributed by atoms with Crippen LogP contribution in [0.1, 0.15) is 22.7 Å². The Labute approximate surface area is 172 Å². The van der Waals surface area contributed by atoms with Crippen LogP contribution in [0.25, 0.3) is 10.9 Å². The normalized spacial score (nSPS) is 16.2. The molecule has 0 saturated heterocycles. The first kappa shape index (κ1) is 19.3. The van der Waals surface area contributed by atoms with Crippen molar-refractivity contribution < 1.29 is 14.3 Å². The number of ether oxygens (including phenoxy) is 1. The summed E-state index contributed by atoms with van der Waals surface area (Å²) in [7, 11) is 1.27. The molecule has 1 unspecified atom stereocenters. The van der Waals surface area contributed by atoms with Crippen LogP contribution in [-0.2, 0) is 20.9 Å². The van der Waals surface area contributed by atoms with E-state index in [0.29, 0.717) is 12.1 Å². The van der Waals surface area contributed by atoms with Crippen LogP contribution >= 0.6 is 0 Å². The number of nitrogens with zero attached hydrogens (tertiary/aromatic N) is 1.